The van der Waals surface area contributed by atoms with Crippen LogP contribution in [0.2, 0.25) is 0 Å². The summed E-state index contributed by atoms with van der Waals surface area (Å²) in [6.07, 6.45) is -2.62. The van der Waals surface area contributed by atoms with Gasteiger partial charge in [-0.3, -0.25) is 0 Å². The summed E-state index contributed by atoms with van der Waals surface area (Å²) in [7, 11) is 0. The van der Waals surface area contributed by atoms with Gasteiger partial charge in [0.1, 0.15) is 0 Å². The average Bonchev–Trinajstić information content (AvgIpc) is 2.36. The fourth-order valence-corrected chi connectivity index (χ4v) is 2.47. The van der Waals surface area contributed by atoms with E-state index >= 15 is 0 Å². The molecule has 1 fully saturated rings. The van der Waals surface area contributed by atoms with E-state index in [9.17, 15) is 13.2 Å². The number of hydrogen-bond acceptors (Lipinski definition) is 3. The lowest BCUT2D eigenvalue weighted by molar-refractivity contribution is -0.184. The van der Waals surface area contributed by atoms with Crippen molar-refractivity contribution in [3.63, 3.8) is 0 Å². The van der Waals surface area contributed by atoms with Crippen LogP contribution >= 0.6 is 0 Å². The molecule has 3 nitrogen and oxygen atoms in total. The highest BCUT2D eigenvalue weighted by Gasteiger charge is 2.42. The Morgan fingerprint density at radius 1 is 1.16 bits per heavy atom. The predicted octanol–water partition coefficient (Wildman–Crippen LogP) is 3.10. The third kappa shape index (κ3) is 6.10. The van der Waals surface area contributed by atoms with E-state index in [1.165, 1.54) is 0 Å². The fourth-order valence-electron chi connectivity index (χ4n) is 2.47. The average molecular weight is 283 g/mol. The van der Waals surface area contributed by atoms with Crippen LogP contribution in [-0.2, 0) is 9.47 Å². The van der Waals surface area contributed by atoms with Crippen LogP contribution in [0.15, 0.2) is 0 Å². The largest absolute Gasteiger partial charge is 0.391 e. The molecule has 1 aliphatic carbocycles. The van der Waals surface area contributed by atoms with Crippen molar-refractivity contribution in [1.29, 1.82) is 0 Å². The Hall–Kier alpha value is -0.330. The van der Waals surface area contributed by atoms with Gasteiger partial charge in [0.15, 0.2) is 6.29 Å². The SMILES string of the molecule is CCOC(CNC1CCCC(C(F)(F)F)C1)OCC. The van der Waals surface area contributed by atoms with Crippen molar-refractivity contribution < 1.29 is 22.6 Å². The lowest BCUT2D eigenvalue weighted by atomic mass is 9.85. The standard InChI is InChI=1S/C13H24F3NO2/c1-3-18-12(19-4-2)9-17-11-7-5-6-10(8-11)13(14,15)16/h10-12,17H,3-9H2,1-2H3. The maximum Gasteiger partial charge on any atom is 0.391 e. The van der Waals surface area contributed by atoms with Crippen molar-refractivity contribution in [2.45, 2.75) is 58.0 Å². The zero-order valence-corrected chi connectivity index (χ0v) is 11.6. The quantitative estimate of drug-likeness (QED) is 0.728. The molecule has 0 spiro atoms. The third-order valence-electron chi connectivity index (χ3n) is 3.42. The molecule has 0 aromatic heterocycles. The lowest BCUT2D eigenvalue weighted by Crippen LogP contribution is -2.42. The van der Waals surface area contributed by atoms with E-state index in [-0.39, 0.29) is 25.2 Å². The van der Waals surface area contributed by atoms with Gasteiger partial charge in [-0.05, 0) is 33.1 Å². The molecule has 2 atom stereocenters. The van der Waals surface area contributed by atoms with Gasteiger partial charge < -0.3 is 14.8 Å². The van der Waals surface area contributed by atoms with E-state index in [1.54, 1.807) is 0 Å². The number of halogens is 3. The first-order chi connectivity index (χ1) is 8.97. The zero-order chi connectivity index (χ0) is 14.3. The van der Waals surface area contributed by atoms with Gasteiger partial charge in [0.05, 0.1) is 5.92 Å². The van der Waals surface area contributed by atoms with Crippen molar-refractivity contribution in [2.24, 2.45) is 5.92 Å². The van der Waals surface area contributed by atoms with Crippen LogP contribution in [-0.4, -0.2) is 38.3 Å². The van der Waals surface area contributed by atoms with Gasteiger partial charge in [0.25, 0.3) is 0 Å². The van der Waals surface area contributed by atoms with Crippen LogP contribution < -0.4 is 5.32 Å². The minimum atomic E-state index is -4.07. The molecule has 114 valence electrons. The van der Waals surface area contributed by atoms with E-state index in [1.807, 2.05) is 13.8 Å². The van der Waals surface area contributed by atoms with Crippen LogP contribution in [0.3, 0.4) is 0 Å². The van der Waals surface area contributed by atoms with Crippen LogP contribution in [0.4, 0.5) is 13.2 Å². The van der Waals surface area contributed by atoms with Crippen molar-refractivity contribution in [2.75, 3.05) is 19.8 Å². The first-order valence-electron chi connectivity index (χ1n) is 7.00. The molecule has 0 saturated heterocycles. The smallest absolute Gasteiger partial charge is 0.352 e. The van der Waals surface area contributed by atoms with E-state index in [0.29, 0.717) is 26.2 Å². The molecular weight excluding hydrogens is 259 g/mol. The van der Waals surface area contributed by atoms with E-state index in [4.69, 9.17) is 9.47 Å². The normalized spacial score (nSPS) is 24.9. The van der Waals surface area contributed by atoms with Crippen molar-refractivity contribution in [3.05, 3.63) is 0 Å². The first kappa shape index (κ1) is 16.7. The number of rotatable bonds is 7. The Bertz CT molecular complexity index is 243. The second kappa shape index (κ2) is 8.07. The Balaban J connectivity index is 2.35. The summed E-state index contributed by atoms with van der Waals surface area (Å²) in [4.78, 5) is 0. The Labute approximate surface area is 112 Å². The molecule has 1 saturated carbocycles. The molecule has 1 aliphatic rings. The second-order valence-corrected chi connectivity index (χ2v) is 4.85. The summed E-state index contributed by atoms with van der Waals surface area (Å²) >= 11 is 0. The lowest BCUT2D eigenvalue weighted by Gasteiger charge is -2.32. The summed E-state index contributed by atoms with van der Waals surface area (Å²) in [5.41, 5.74) is 0. The van der Waals surface area contributed by atoms with Gasteiger partial charge in [-0.25, -0.2) is 0 Å². The Kier molecular flexibility index (Phi) is 7.10. The highest BCUT2D eigenvalue weighted by Crippen LogP contribution is 2.37. The summed E-state index contributed by atoms with van der Waals surface area (Å²) in [6.45, 7) is 5.24. The maximum absolute atomic E-state index is 12.7. The molecule has 1 rings (SSSR count). The summed E-state index contributed by atoms with van der Waals surface area (Å²) < 4.78 is 48.8. The molecule has 0 aromatic rings. The molecule has 0 aromatic carbocycles. The van der Waals surface area contributed by atoms with Gasteiger partial charge in [-0.1, -0.05) is 6.42 Å². The number of nitrogens with one attached hydrogen (secondary N) is 1. The fraction of sp³-hybridized carbons (Fsp3) is 1.00. The number of hydrogen-bond donors (Lipinski definition) is 1. The Morgan fingerprint density at radius 2 is 1.79 bits per heavy atom. The molecule has 19 heavy (non-hydrogen) atoms. The monoisotopic (exact) mass is 283 g/mol. The third-order valence-corrected chi connectivity index (χ3v) is 3.42. The van der Waals surface area contributed by atoms with E-state index in [0.717, 1.165) is 6.42 Å². The van der Waals surface area contributed by atoms with Crippen LogP contribution in [0.5, 0.6) is 0 Å². The van der Waals surface area contributed by atoms with Crippen molar-refractivity contribution >= 4 is 0 Å². The van der Waals surface area contributed by atoms with Crippen LogP contribution in [0, 0.1) is 5.92 Å². The molecule has 0 radical (unpaired) electrons. The van der Waals surface area contributed by atoms with Crippen molar-refractivity contribution in [1.82, 2.24) is 5.32 Å². The first-order valence-corrected chi connectivity index (χ1v) is 7.00. The number of alkyl halides is 3. The highest BCUT2D eigenvalue weighted by atomic mass is 19.4. The van der Waals surface area contributed by atoms with Gasteiger partial charge in [-0.15, -0.1) is 0 Å². The van der Waals surface area contributed by atoms with Gasteiger partial charge >= 0.3 is 6.18 Å². The van der Waals surface area contributed by atoms with Crippen molar-refractivity contribution in [3.8, 4) is 0 Å². The minimum Gasteiger partial charge on any atom is -0.352 e. The minimum absolute atomic E-state index is 0.0937. The summed E-state index contributed by atoms with van der Waals surface area (Å²) in [5.74, 6) is -1.17. The molecule has 6 heteroatoms. The summed E-state index contributed by atoms with van der Waals surface area (Å²) in [6, 6.07) is -0.0937. The Morgan fingerprint density at radius 3 is 2.32 bits per heavy atom. The van der Waals surface area contributed by atoms with Gasteiger partial charge in [-0.2, -0.15) is 13.2 Å². The molecule has 0 amide bonds. The van der Waals surface area contributed by atoms with Gasteiger partial charge in [0, 0.05) is 25.8 Å². The molecule has 0 aliphatic heterocycles. The highest BCUT2D eigenvalue weighted by molar-refractivity contribution is 4.81. The molecule has 0 heterocycles. The van der Waals surface area contributed by atoms with E-state index < -0.39 is 12.1 Å². The summed E-state index contributed by atoms with van der Waals surface area (Å²) in [5, 5.41) is 3.14. The molecule has 1 N–H and O–H groups in total. The van der Waals surface area contributed by atoms with Gasteiger partial charge in [0.2, 0.25) is 0 Å². The zero-order valence-electron chi connectivity index (χ0n) is 11.6. The molecule has 2 unspecified atom stereocenters. The van der Waals surface area contributed by atoms with Crippen LogP contribution in [0.1, 0.15) is 39.5 Å². The second-order valence-electron chi connectivity index (χ2n) is 4.85. The molecular formula is C13H24F3NO2. The van der Waals surface area contributed by atoms with Crippen LogP contribution in [0.25, 0.3) is 0 Å². The molecule has 0 bridgehead atoms. The maximum atomic E-state index is 12.7. The number of ether oxygens (including phenoxy) is 2. The van der Waals surface area contributed by atoms with E-state index in [2.05, 4.69) is 5.32 Å². The topological polar surface area (TPSA) is 30.5 Å². The predicted molar refractivity (Wildman–Crippen MR) is 66.8 cm³/mol.